The Bertz CT molecular complexity index is 614. The lowest BCUT2D eigenvalue weighted by Crippen LogP contribution is -2.11. The van der Waals surface area contributed by atoms with Gasteiger partial charge in [0.05, 0.1) is 18.4 Å². The summed E-state index contributed by atoms with van der Waals surface area (Å²) in [6.07, 6.45) is 1.14. The van der Waals surface area contributed by atoms with Crippen LogP contribution in [0.3, 0.4) is 0 Å². The molecular weight excluding hydrogens is 281 g/mol. The molecular formula is C15H15F3N2O. The smallest absolute Gasteiger partial charge is 0.417 e. The van der Waals surface area contributed by atoms with E-state index in [-0.39, 0.29) is 12.5 Å². The zero-order chi connectivity index (χ0) is 15.5. The predicted molar refractivity (Wildman–Crippen MR) is 72.1 cm³/mol. The third kappa shape index (κ3) is 4.18. The molecule has 2 aromatic rings. The second-order valence-corrected chi connectivity index (χ2v) is 4.91. The van der Waals surface area contributed by atoms with Gasteiger partial charge < -0.3 is 4.74 Å². The Labute approximate surface area is 120 Å². The molecule has 0 aliphatic heterocycles. The molecule has 21 heavy (non-hydrogen) atoms. The fraction of sp³-hybridized carbons (Fsp3) is 0.333. The molecule has 0 amide bonds. The largest absolute Gasteiger partial charge is 0.491 e. The highest BCUT2D eigenvalue weighted by atomic mass is 19.4. The van der Waals surface area contributed by atoms with Crippen LogP contribution in [-0.2, 0) is 6.18 Å². The van der Waals surface area contributed by atoms with E-state index in [1.54, 1.807) is 19.3 Å². The maximum absolute atomic E-state index is 12.6. The summed E-state index contributed by atoms with van der Waals surface area (Å²) in [5, 5.41) is 0. The highest BCUT2D eigenvalue weighted by Crippen LogP contribution is 2.30. The molecule has 1 atom stereocenters. The van der Waals surface area contributed by atoms with E-state index in [2.05, 4.69) is 9.97 Å². The third-order valence-corrected chi connectivity index (χ3v) is 3.01. The zero-order valence-electron chi connectivity index (χ0n) is 11.7. The minimum absolute atomic E-state index is 0.208. The van der Waals surface area contributed by atoms with E-state index < -0.39 is 11.7 Å². The number of alkyl halides is 3. The Morgan fingerprint density at radius 3 is 2.48 bits per heavy atom. The third-order valence-electron chi connectivity index (χ3n) is 3.01. The average molecular weight is 296 g/mol. The minimum Gasteiger partial charge on any atom is -0.491 e. The first-order valence-corrected chi connectivity index (χ1v) is 6.43. The summed E-state index contributed by atoms with van der Waals surface area (Å²) in [5.74, 6) is 0.391. The normalized spacial score (nSPS) is 13.0. The first kappa shape index (κ1) is 15.3. The van der Waals surface area contributed by atoms with Crippen LogP contribution in [0.2, 0.25) is 0 Å². The molecule has 2 heterocycles. The van der Waals surface area contributed by atoms with Crippen LogP contribution in [0.4, 0.5) is 13.2 Å². The molecule has 112 valence electrons. The van der Waals surface area contributed by atoms with Gasteiger partial charge in [0.2, 0.25) is 0 Å². The van der Waals surface area contributed by atoms with Crippen molar-refractivity contribution in [1.29, 1.82) is 0 Å². The Morgan fingerprint density at radius 2 is 1.81 bits per heavy atom. The molecule has 3 nitrogen and oxygen atoms in total. The summed E-state index contributed by atoms with van der Waals surface area (Å²) < 4.78 is 43.5. The average Bonchev–Trinajstić information content (AvgIpc) is 2.44. The van der Waals surface area contributed by atoms with Crippen LogP contribution in [0, 0.1) is 6.92 Å². The van der Waals surface area contributed by atoms with Crippen LogP contribution in [-0.4, -0.2) is 16.6 Å². The standard InChI is InChI=1S/C15H15F3N2O/c1-10-3-14(8-19-5-10)21-9-11(2)12-4-13(7-20-6-12)15(16,17)18/h3-8,11H,9H2,1-2H3. The van der Waals surface area contributed by atoms with E-state index in [0.717, 1.165) is 17.8 Å². The van der Waals surface area contributed by atoms with Crippen molar-refractivity contribution in [3.05, 3.63) is 53.6 Å². The van der Waals surface area contributed by atoms with Crippen LogP contribution < -0.4 is 4.74 Å². The second-order valence-electron chi connectivity index (χ2n) is 4.91. The number of hydrogen-bond donors (Lipinski definition) is 0. The molecule has 1 unspecified atom stereocenters. The number of hydrogen-bond acceptors (Lipinski definition) is 3. The summed E-state index contributed by atoms with van der Waals surface area (Å²) in [6, 6.07) is 2.93. The van der Waals surface area contributed by atoms with E-state index in [1.165, 1.54) is 6.20 Å². The molecule has 0 N–H and O–H groups in total. The van der Waals surface area contributed by atoms with Gasteiger partial charge >= 0.3 is 6.18 Å². The molecule has 0 radical (unpaired) electrons. The van der Waals surface area contributed by atoms with Crippen LogP contribution in [0.25, 0.3) is 0 Å². The molecule has 2 rings (SSSR count). The molecule has 0 aliphatic carbocycles. The van der Waals surface area contributed by atoms with Gasteiger partial charge in [0, 0.05) is 24.5 Å². The lowest BCUT2D eigenvalue weighted by molar-refractivity contribution is -0.137. The zero-order valence-corrected chi connectivity index (χ0v) is 11.7. The van der Waals surface area contributed by atoms with Crippen molar-refractivity contribution < 1.29 is 17.9 Å². The number of aromatic nitrogens is 2. The fourth-order valence-corrected chi connectivity index (χ4v) is 1.81. The van der Waals surface area contributed by atoms with Gasteiger partial charge in [0.25, 0.3) is 0 Å². The van der Waals surface area contributed by atoms with Crippen molar-refractivity contribution in [2.45, 2.75) is 25.9 Å². The van der Waals surface area contributed by atoms with Crippen molar-refractivity contribution in [3.8, 4) is 5.75 Å². The Kier molecular flexibility index (Phi) is 4.45. The quantitative estimate of drug-likeness (QED) is 0.855. The summed E-state index contributed by atoms with van der Waals surface area (Å²) in [4.78, 5) is 7.65. The van der Waals surface area contributed by atoms with Crippen LogP contribution >= 0.6 is 0 Å². The number of halogens is 3. The molecule has 0 fully saturated rings. The SMILES string of the molecule is Cc1cncc(OCC(C)c2cncc(C(F)(F)F)c2)c1. The highest BCUT2D eigenvalue weighted by molar-refractivity contribution is 5.25. The van der Waals surface area contributed by atoms with E-state index in [0.29, 0.717) is 11.3 Å². The van der Waals surface area contributed by atoms with E-state index >= 15 is 0 Å². The van der Waals surface area contributed by atoms with Crippen molar-refractivity contribution in [3.63, 3.8) is 0 Å². The van der Waals surface area contributed by atoms with Gasteiger partial charge in [-0.05, 0) is 30.2 Å². The summed E-state index contributed by atoms with van der Waals surface area (Å²) in [6.45, 7) is 3.94. The van der Waals surface area contributed by atoms with Gasteiger partial charge in [-0.2, -0.15) is 13.2 Å². The number of ether oxygens (including phenoxy) is 1. The Hall–Kier alpha value is -2.11. The Morgan fingerprint density at radius 1 is 1.10 bits per heavy atom. The fourth-order valence-electron chi connectivity index (χ4n) is 1.81. The topological polar surface area (TPSA) is 35.0 Å². The number of nitrogens with zero attached hydrogens (tertiary/aromatic N) is 2. The molecule has 0 saturated carbocycles. The monoisotopic (exact) mass is 296 g/mol. The maximum Gasteiger partial charge on any atom is 0.417 e. The summed E-state index contributed by atoms with van der Waals surface area (Å²) >= 11 is 0. The minimum atomic E-state index is -4.38. The van der Waals surface area contributed by atoms with Gasteiger partial charge in [0.1, 0.15) is 5.75 Å². The van der Waals surface area contributed by atoms with Crippen molar-refractivity contribution in [2.24, 2.45) is 0 Å². The van der Waals surface area contributed by atoms with Gasteiger partial charge in [-0.15, -0.1) is 0 Å². The highest BCUT2D eigenvalue weighted by Gasteiger charge is 2.31. The number of pyridine rings is 2. The predicted octanol–water partition coefficient (Wildman–Crippen LogP) is 3.99. The molecule has 6 heteroatoms. The summed E-state index contributed by atoms with van der Waals surface area (Å²) in [5.41, 5.74) is 0.704. The van der Waals surface area contributed by atoms with Crippen molar-refractivity contribution in [1.82, 2.24) is 9.97 Å². The molecule has 0 aliphatic rings. The number of aryl methyl sites for hydroxylation is 1. The molecule has 0 bridgehead atoms. The lowest BCUT2D eigenvalue weighted by Gasteiger charge is -2.15. The van der Waals surface area contributed by atoms with Crippen molar-refractivity contribution >= 4 is 0 Å². The first-order valence-electron chi connectivity index (χ1n) is 6.43. The van der Waals surface area contributed by atoms with Gasteiger partial charge in [-0.25, -0.2) is 0 Å². The van der Waals surface area contributed by atoms with Gasteiger partial charge in [0.15, 0.2) is 0 Å². The number of rotatable bonds is 4. The van der Waals surface area contributed by atoms with E-state index in [4.69, 9.17) is 4.74 Å². The molecule has 2 aromatic heterocycles. The van der Waals surface area contributed by atoms with Gasteiger partial charge in [-0.1, -0.05) is 6.92 Å². The molecule has 0 saturated heterocycles. The summed E-state index contributed by atoms with van der Waals surface area (Å²) in [7, 11) is 0. The molecule has 0 aromatic carbocycles. The second kappa shape index (κ2) is 6.11. The van der Waals surface area contributed by atoms with Gasteiger partial charge in [-0.3, -0.25) is 9.97 Å². The van der Waals surface area contributed by atoms with Crippen LogP contribution in [0.5, 0.6) is 5.75 Å². The first-order chi connectivity index (χ1) is 9.86. The Balaban J connectivity index is 2.05. The van der Waals surface area contributed by atoms with Crippen LogP contribution in [0.15, 0.2) is 36.9 Å². The van der Waals surface area contributed by atoms with E-state index in [9.17, 15) is 13.2 Å². The van der Waals surface area contributed by atoms with Crippen molar-refractivity contribution in [2.75, 3.05) is 6.61 Å². The maximum atomic E-state index is 12.6. The molecule has 0 spiro atoms. The van der Waals surface area contributed by atoms with E-state index in [1.807, 2.05) is 13.0 Å². The lowest BCUT2D eigenvalue weighted by atomic mass is 10.0. The van der Waals surface area contributed by atoms with Crippen LogP contribution in [0.1, 0.15) is 29.5 Å².